The monoisotopic (exact) mass is 420 g/mol. The number of amides is 2. The van der Waals surface area contributed by atoms with E-state index in [9.17, 15) is 9.59 Å². The van der Waals surface area contributed by atoms with Crippen molar-refractivity contribution in [1.29, 1.82) is 0 Å². The van der Waals surface area contributed by atoms with Crippen LogP contribution in [0.25, 0.3) is 11.3 Å². The molecule has 1 aliphatic carbocycles. The molecule has 0 radical (unpaired) electrons. The van der Waals surface area contributed by atoms with Gasteiger partial charge in [-0.1, -0.05) is 35.5 Å². The van der Waals surface area contributed by atoms with Crippen molar-refractivity contribution in [3.63, 3.8) is 0 Å². The maximum Gasteiger partial charge on any atom is 0.273 e. The molecule has 0 spiro atoms. The van der Waals surface area contributed by atoms with Crippen LogP contribution in [0.2, 0.25) is 0 Å². The Morgan fingerprint density at radius 1 is 1.10 bits per heavy atom. The largest absolute Gasteiger partial charge is 0.355 e. The van der Waals surface area contributed by atoms with Gasteiger partial charge in [-0.05, 0) is 25.7 Å². The summed E-state index contributed by atoms with van der Waals surface area (Å²) in [6, 6.07) is 11.0. The van der Waals surface area contributed by atoms with E-state index in [-0.39, 0.29) is 18.1 Å². The molecule has 3 heterocycles. The molecule has 5 rings (SSSR count). The summed E-state index contributed by atoms with van der Waals surface area (Å²) in [5.74, 6) is 2.67. The molecule has 2 aliphatic rings. The highest BCUT2D eigenvalue weighted by Crippen LogP contribution is 2.38. The predicted octanol–water partition coefficient (Wildman–Crippen LogP) is 2.47. The summed E-state index contributed by atoms with van der Waals surface area (Å²) in [6.07, 6.45) is 4.03. The van der Waals surface area contributed by atoms with Crippen molar-refractivity contribution in [3.8, 4) is 11.3 Å². The smallest absolute Gasteiger partial charge is 0.273 e. The Labute approximate surface area is 179 Å². The molecule has 9 nitrogen and oxygen atoms in total. The van der Waals surface area contributed by atoms with E-state index in [1.165, 1.54) is 12.8 Å². The second-order valence-corrected chi connectivity index (χ2v) is 8.13. The van der Waals surface area contributed by atoms with E-state index in [1.54, 1.807) is 11.0 Å². The number of likely N-dealkylation sites (tertiary alicyclic amines) is 1. The number of carbonyl (C=O) groups is 2. The molecule has 1 aromatic carbocycles. The van der Waals surface area contributed by atoms with Crippen LogP contribution >= 0.6 is 0 Å². The van der Waals surface area contributed by atoms with E-state index in [2.05, 4.69) is 25.7 Å². The van der Waals surface area contributed by atoms with Gasteiger partial charge in [0, 0.05) is 36.6 Å². The van der Waals surface area contributed by atoms with Crippen molar-refractivity contribution in [2.75, 3.05) is 19.6 Å². The number of carbonyl (C=O) groups excluding carboxylic acids is 2. The van der Waals surface area contributed by atoms with Gasteiger partial charge in [0.15, 0.2) is 17.3 Å². The minimum Gasteiger partial charge on any atom is -0.355 e. The molecule has 0 atom stereocenters. The van der Waals surface area contributed by atoms with Crippen molar-refractivity contribution >= 4 is 11.8 Å². The van der Waals surface area contributed by atoms with Crippen molar-refractivity contribution in [3.05, 3.63) is 53.7 Å². The Morgan fingerprint density at radius 2 is 1.87 bits per heavy atom. The second-order valence-electron chi connectivity index (χ2n) is 8.13. The molecule has 2 fully saturated rings. The number of hydrogen-bond donors (Lipinski definition) is 2. The molecule has 160 valence electrons. The number of aromatic amines is 1. The molecule has 0 unspecified atom stereocenters. The molecule has 3 aromatic rings. The molecular formula is C22H24N6O3. The Bertz CT molecular complexity index is 1060. The number of benzene rings is 1. The topological polar surface area (TPSA) is 117 Å². The van der Waals surface area contributed by atoms with Crippen molar-refractivity contribution < 1.29 is 14.1 Å². The Balaban J connectivity index is 1.10. The van der Waals surface area contributed by atoms with Crippen LogP contribution in [0.4, 0.5) is 0 Å². The first-order valence-electron chi connectivity index (χ1n) is 10.7. The summed E-state index contributed by atoms with van der Waals surface area (Å²) < 4.78 is 5.25. The molecular weight excluding hydrogens is 396 g/mol. The standard InChI is InChI=1S/C22H24N6O3/c29-19(13-23-22(30)17-12-18(31-27-17)14-4-2-1-3-5-14)28-10-8-16(9-11-28)21-24-20(25-26-21)15-6-7-15/h1-5,12,15-16H,6-11,13H2,(H,23,30)(H,24,25,26). The third kappa shape index (κ3) is 4.35. The van der Waals surface area contributed by atoms with Gasteiger partial charge >= 0.3 is 0 Å². The van der Waals surface area contributed by atoms with Crippen molar-refractivity contribution in [2.45, 2.75) is 37.5 Å². The van der Waals surface area contributed by atoms with Crippen LogP contribution in [0.1, 0.15) is 59.7 Å². The van der Waals surface area contributed by atoms with E-state index in [1.807, 2.05) is 30.3 Å². The quantitative estimate of drug-likeness (QED) is 0.633. The molecule has 1 aliphatic heterocycles. The van der Waals surface area contributed by atoms with Crippen molar-refractivity contribution in [2.24, 2.45) is 0 Å². The number of rotatable bonds is 6. The average molecular weight is 420 g/mol. The van der Waals surface area contributed by atoms with E-state index in [0.29, 0.717) is 30.7 Å². The molecule has 2 aromatic heterocycles. The van der Waals surface area contributed by atoms with Gasteiger partial charge in [-0.25, -0.2) is 4.98 Å². The first-order valence-corrected chi connectivity index (χ1v) is 10.7. The summed E-state index contributed by atoms with van der Waals surface area (Å²) in [5, 5.41) is 13.9. The van der Waals surface area contributed by atoms with Crippen LogP contribution in [0.5, 0.6) is 0 Å². The molecule has 1 saturated carbocycles. The number of nitrogens with zero attached hydrogens (tertiary/aromatic N) is 4. The molecule has 2 amide bonds. The molecule has 31 heavy (non-hydrogen) atoms. The van der Waals surface area contributed by atoms with Gasteiger partial charge in [0.25, 0.3) is 5.91 Å². The van der Waals surface area contributed by atoms with Crippen LogP contribution in [0, 0.1) is 0 Å². The minimum atomic E-state index is -0.427. The number of aromatic nitrogens is 4. The van der Waals surface area contributed by atoms with Gasteiger partial charge in [-0.3, -0.25) is 14.7 Å². The van der Waals surface area contributed by atoms with Crippen LogP contribution in [-0.2, 0) is 4.79 Å². The summed E-state index contributed by atoms with van der Waals surface area (Å²) >= 11 is 0. The summed E-state index contributed by atoms with van der Waals surface area (Å²) in [5.41, 5.74) is 0.992. The Hall–Kier alpha value is -3.49. The Morgan fingerprint density at radius 3 is 2.61 bits per heavy atom. The predicted molar refractivity (Wildman–Crippen MR) is 111 cm³/mol. The van der Waals surface area contributed by atoms with E-state index < -0.39 is 5.91 Å². The highest BCUT2D eigenvalue weighted by molar-refractivity contribution is 5.95. The highest BCUT2D eigenvalue weighted by Gasteiger charge is 2.30. The fraction of sp³-hybridized carbons (Fsp3) is 0.409. The van der Waals surface area contributed by atoms with Gasteiger partial charge < -0.3 is 14.7 Å². The maximum atomic E-state index is 12.5. The lowest BCUT2D eigenvalue weighted by molar-refractivity contribution is -0.131. The van der Waals surface area contributed by atoms with Gasteiger partial charge in [0.2, 0.25) is 5.91 Å². The van der Waals surface area contributed by atoms with Gasteiger partial charge in [-0.2, -0.15) is 5.10 Å². The van der Waals surface area contributed by atoms with Crippen LogP contribution in [-0.4, -0.2) is 56.7 Å². The second kappa shape index (κ2) is 8.33. The summed E-state index contributed by atoms with van der Waals surface area (Å²) in [7, 11) is 0. The summed E-state index contributed by atoms with van der Waals surface area (Å²) in [4.78, 5) is 31.3. The minimum absolute atomic E-state index is 0.0643. The maximum absolute atomic E-state index is 12.5. The third-order valence-corrected chi connectivity index (χ3v) is 5.90. The lowest BCUT2D eigenvalue weighted by Gasteiger charge is -2.31. The average Bonchev–Trinajstić information content (AvgIpc) is 3.34. The SMILES string of the molecule is O=C(NCC(=O)N1CCC(c2nc(C3CC3)n[nH]2)CC1)c1cc(-c2ccccc2)on1. The van der Waals surface area contributed by atoms with E-state index in [0.717, 1.165) is 30.1 Å². The molecule has 0 bridgehead atoms. The van der Waals surface area contributed by atoms with Crippen LogP contribution < -0.4 is 5.32 Å². The van der Waals surface area contributed by atoms with Gasteiger partial charge in [-0.15, -0.1) is 0 Å². The highest BCUT2D eigenvalue weighted by atomic mass is 16.5. The number of piperidine rings is 1. The van der Waals surface area contributed by atoms with E-state index >= 15 is 0 Å². The van der Waals surface area contributed by atoms with Gasteiger partial charge in [0.05, 0.1) is 6.54 Å². The summed E-state index contributed by atoms with van der Waals surface area (Å²) in [6.45, 7) is 1.22. The number of hydrogen-bond acceptors (Lipinski definition) is 6. The fourth-order valence-electron chi connectivity index (χ4n) is 3.88. The van der Waals surface area contributed by atoms with Crippen molar-refractivity contribution in [1.82, 2.24) is 30.6 Å². The molecule has 2 N–H and O–H groups in total. The normalized spacial score (nSPS) is 17.0. The first-order chi connectivity index (χ1) is 15.2. The van der Waals surface area contributed by atoms with Gasteiger partial charge in [0.1, 0.15) is 5.82 Å². The number of H-pyrrole nitrogens is 1. The molecule has 9 heteroatoms. The van der Waals surface area contributed by atoms with Crippen LogP contribution in [0.3, 0.4) is 0 Å². The molecule has 1 saturated heterocycles. The Kier molecular flexibility index (Phi) is 5.23. The number of nitrogens with one attached hydrogen (secondary N) is 2. The zero-order chi connectivity index (χ0) is 21.2. The van der Waals surface area contributed by atoms with E-state index in [4.69, 9.17) is 4.52 Å². The lowest BCUT2D eigenvalue weighted by Crippen LogP contribution is -2.43. The zero-order valence-electron chi connectivity index (χ0n) is 17.1. The zero-order valence-corrected chi connectivity index (χ0v) is 17.1. The lowest BCUT2D eigenvalue weighted by atomic mass is 9.96. The fourth-order valence-corrected chi connectivity index (χ4v) is 3.88. The first kappa shape index (κ1) is 19.5. The van der Waals surface area contributed by atoms with Crippen LogP contribution in [0.15, 0.2) is 40.9 Å². The third-order valence-electron chi connectivity index (χ3n) is 5.90.